The van der Waals surface area contributed by atoms with Gasteiger partial charge in [-0.2, -0.15) is 5.26 Å². The maximum Gasteiger partial charge on any atom is 0.115 e. The summed E-state index contributed by atoms with van der Waals surface area (Å²) < 4.78 is 0. The van der Waals surface area contributed by atoms with E-state index in [9.17, 15) is 5.26 Å². The van der Waals surface area contributed by atoms with Gasteiger partial charge in [-0.05, 0) is 54.2 Å². The number of hydrogen-bond donors (Lipinski definition) is 0. The Morgan fingerprint density at radius 3 is 2.27 bits per heavy atom. The second-order valence-electron chi connectivity index (χ2n) is 6.22. The number of aryl methyl sites for hydroxylation is 1. The summed E-state index contributed by atoms with van der Waals surface area (Å²) in [7, 11) is 0. The lowest BCUT2D eigenvalue weighted by Crippen LogP contribution is -2.28. The molecule has 130 valence electrons. The molecule has 0 aliphatic rings. The van der Waals surface area contributed by atoms with Gasteiger partial charge in [0.1, 0.15) is 6.33 Å². The van der Waals surface area contributed by atoms with Crippen molar-refractivity contribution in [1.82, 2.24) is 9.97 Å². The first kappa shape index (κ1) is 18.4. The van der Waals surface area contributed by atoms with Gasteiger partial charge >= 0.3 is 0 Å². The Bertz CT molecular complexity index is 905. The molecule has 26 heavy (non-hydrogen) atoms. The molecule has 0 saturated heterocycles. The molecule has 0 radical (unpaired) electrons. The monoisotopic (exact) mass is 381 g/mol. The first-order chi connectivity index (χ1) is 12.6. The predicted octanol–water partition coefficient (Wildman–Crippen LogP) is 5.42. The Labute approximate surface area is 163 Å². The summed E-state index contributed by atoms with van der Waals surface area (Å²) in [6.07, 6.45) is 6.85. The Morgan fingerprint density at radius 2 is 1.62 bits per heavy atom. The highest BCUT2D eigenvalue weighted by Crippen LogP contribution is 2.37. The lowest BCUT2D eigenvalue weighted by atomic mass is 9.73. The third kappa shape index (κ3) is 4.22. The molecule has 0 N–H and O–H groups in total. The first-order valence-electron chi connectivity index (χ1n) is 8.27. The van der Waals surface area contributed by atoms with Crippen LogP contribution in [-0.4, -0.2) is 9.97 Å². The van der Waals surface area contributed by atoms with Gasteiger partial charge < -0.3 is 0 Å². The fourth-order valence-corrected chi connectivity index (χ4v) is 3.54. The van der Waals surface area contributed by atoms with E-state index in [2.05, 4.69) is 16.0 Å². The van der Waals surface area contributed by atoms with Gasteiger partial charge in [-0.15, -0.1) is 0 Å². The molecule has 1 unspecified atom stereocenters. The van der Waals surface area contributed by atoms with Crippen molar-refractivity contribution in [2.45, 2.75) is 24.7 Å². The number of nitriles is 1. The van der Waals surface area contributed by atoms with Gasteiger partial charge in [0.15, 0.2) is 0 Å². The van der Waals surface area contributed by atoms with Gasteiger partial charge in [0.25, 0.3) is 0 Å². The zero-order valence-electron chi connectivity index (χ0n) is 14.1. The third-order valence-electron chi connectivity index (χ3n) is 4.48. The van der Waals surface area contributed by atoms with E-state index in [0.29, 0.717) is 22.9 Å². The number of nitrogens with zero attached hydrogens (tertiary/aromatic N) is 3. The van der Waals surface area contributed by atoms with E-state index in [0.717, 1.165) is 23.1 Å². The molecule has 0 spiro atoms. The van der Waals surface area contributed by atoms with Crippen LogP contribution in [0, 0.1) is 11.3 Å². The highest BCUT2D eigenvalue weighted by Gasteiger charge is 2.34. The van der Waals surface area contributed by atoms with E-state index in [1.54, 1.807) is 12.4 Å². The van der Waals surface area contributed by atoms with Crippen LogP contribution in [0.5, 0.6) is 0 Å². The van der Waals surface area contributed by atoms with Crippen LogP contribution in [0.4, 0.5) is 0 Å². The van der Waals surface area contributed by atoms with E-state index in [1.807, 2.05) is 48.5 Å². The van der Waals surface area contributed by atoms with E-state index in [1.165, 1.54) is 6.33 Å². The molecule has 0 amide bonds. The SMILES string of the molecule is N#CC(CCc1ccc(Cl)cc1)(Cc1cncnc1)c1ccccc1Cl. The maximum absolute atomic E-state index is 10.2. The Kier molecular flexibility index (Phi) is 5.88. The number of aromatic nitrogens is 2. The smallest absolute Gasteiger partial charge is 0.115 e. The molecule has 0 fully saturated rings. The van der Waals surface area contributed by atoms with Crippen LogP contribution in [0.2, 0.25) is 10.0 Å². The fraction of sp³-hybridized carbons (Fsp3) is 0.190. The quantitative estimate of drug-likeness (QED) is 0.572. The third-order valence-corrected chi connectivity index (χ3v) is 5.06. The molecular weight excluding hydrogens is 365 g/mol. The number of rotatable bonds is 6. The maximum atomic E-state index is 10.2. The summed E-state index contributed by atoms with van der Waals surface area (Å²) in [5, 5.41) is 11.5. The minimum atomic E-state index is -0.761. The van der Waals surface area contributed by atoms with Gasteiger partial charge in [-0.3, -0.25) is 0 Å². The average molecular weight is 382 g/mol. The average Bonchev–Trinajstić information content (AvgIpc) is 2.68. The molecule has 0 saturated carbocycles. The van der Waals surface area contributed by atoms with Crippen LogP contribution in [0.3, 0.4) is 0 Å². The molecule has 5 heteroatoms. The van der Waals surface area contributed by atoms with E-state index in [-0.39, 0.29) is 0 Å². The highest BCUT2D eigenvalue weighted by molar-refractivity contribution is 6.31. The standard InChI is InChI=1S/C21H17Cl2N3/c22-18-7-5-16(6-8-18)9-10-21(14-24,11-17-12-25-15-26-13-17)19-3-1-2-4-20(19)23/h1-8,12-13,15H,9-11H2. The van der Waals surface area contributed by atoms with Crippen molar-refractivity contribution >= 4 is 23.2 Å². The first-order valence-corrected chi connectivity index (χ1v) is 9.03. The lowest BCUT2D eigenvalue weighted by Gasteiger charge is -2.28. The van der Waals surface area contributed by atoms with Crippen molar-refractivity contribution in [2.75, 3.05) is 0 Å². The molecule has 3 rings (SSSR count). The van der Waals surface area contributed by atoms with Crippen molar-refractivity contribution in [3.8, 4) is 6.07 Å². The van der Waals surface area contributed by atoms with Crippen molar-refractivity contribution in [3.63, 3.8) is 0 Å². The van der Waals surface area contributed by atoms with Crippen molar-refractivity contribution < 1.29 is 0 Å². The van der Waals surface area contributed by atoms with Gasteiger partial charge in [0.05, 0.1) is 11.5 Å². The fourth-order valence-electron chi connectivity index (χ4n) is 3.10. The van der Waals surface area contributed by atoms with E-state index in [4.69, 9.17) is 23.2 Å². The largest absolute Gasteiger partial charge is 0.245 e. The van der Waals surface area contributed by atoms with Crippen molar-refractivity contribution in [3.05, 3.63) is 94.0 Å². The van der Waals surface area contributed by atoms with Crippen molar-refractivity contribution in [2.24, 2.45) is 0 Å². The molecule has 1 aromatic heterocycles. The normalized spacial score (nSPS) is 13.0. The second kappa shape index (κ2) is 8.31. The van der Waals surface area contributed by atoms with Gasteiger partial charge in [0.2, 0.25) is 0 Å². The predicted molar refractivity (Wildman–Crippen MR) is 104 cm³/mol. The zero-order valence-corrected chi connectivity index (χ0v) is 15.6. The molecular formula is C21H17Cl2N3. The van der Waals surface area contributed by atoms with Gasteiger partial charge in [0, 0.05) is 22.4 Å². The second-order valence-corrected chi connectivity index (χ2v) is 7.07. The van der Waals surface area contributed by atoms with Crippen LogP contribution in [0.25, 0.3) is 0 Å². The molecule has 1 heterocycles. The minimum Gasteiger partial charge on any atom is -0.245 e. The molecule has 3 aromatic rings. The molecule has 1 atom stereocenters. The molecule has 3 nitrogen and oxygen atoms in total. The molecule has 0 bridgehead atoms. The highest BCUT2D eigenvalue weighted by atomic mass is 35.5. The summed E-state index contributed by atoms with van der Waals surface area (Å²) in [5.41, 5.74) is 2.11. The topological polar surface area (TPSA) is 49.6 Å². The van der Waals surface area contributed by atoms with E-state index < -0.39 is 5.41 Å². The Morgan fingerprint density at radius 1 is 0.923 bits per heavy atom. The van der Waals surface area contributed by atoms with Gasteiger partial charge in [-0.1, -0.05) is 53.5 Å². The summed E-state index contributed by atoms with van der Waals surface area (Å²) in [6, 6.07) is 17.8. The molecule has 0 aliphatic heterocycles. The Hall–Kier alpha value is -2.41. The number of benzene rings is 2. The summed E-state index contributed by atoms with van der Waals surface area (Å²) in [4.78, 5) is 8.16. The number of halogens is 2. The minimum absolute atomic E-state index is 0.502. The van der Waals surface area contributed by atoms with Crippen LogP contribution in [0.1, 0.15) is 23.1 Å². The van der Waals surface area contributed by atoms with Crippen molar-refractivity contribution in [1.29, 1.82) is 5.26 Å². The summed E-state index contributed by atoms with van der Waals surface area (Å²) in [6.45, 7) is 0. The van der Waals surface area contributed by atoms with Crippen LogP contribution in [0.15, 0.2) is 67.3 Å². The summed E-state index contributed by atoms with van der Waals surface area (Å²) in [5.74, 6) is 0. The van der Waals surface area contributed by atoms with Crippen LogP contribution >= 0.6 is 23.2 Å². The zero-order chi connectivity index (χ0) is 18.4. The van der Waals surface area contributed by atoms with Crippen LogP contribution in [-0.2, 0) is 18.3 Å². The number of hydrogen-bond acceptors (Lipinski definition) is 3. The van der Waals surface area contributed by atoms with E-state index >= 15 is 0 Å². The van der Waals surface area contributed by atoms with Crippen LogP contribution < -0.4 is 0 Å². The Balaban J connectivity index is 1.96. The lowest BCUT2D eigenvalue weighted by molar-refractivity contribution is 0.498. The van der Waals surface area contributed by atoms with Gasteiger partial charge in [-0.25, -0.2) is 9.97 Å². The molecule has 2 aromatic carbocycles. The molecule has 0 aliphatic carbocycles. The summed E-state index contributed by atoms with van der Waals surface area (Å²) >= 11 is 12.4.